The highest BCUT2D eigenvalue weighted by atomic mass is 35.5. The highest BCUT2D eigenvalue weighted by molar-refractivity contribution is 6.18. The van der Waals surface area contributed by atoms with Gasteiger partial charge in [0.1, 0.15) is 0 Å². The van der Waals surface area contributed by atoms with E-state index in [1.54, 1.807) is 0 Å². The Bertz CT molecular complexity index is 418. The zero-order chi connectivity index (χ0) is 11.2. The smallest absolute Gasteiger partial charge is 0.195 e. The summed E-state index contributed by atoms with van der Waals surface area (Å²) in [6.45, 7) is 2.71. The Morgan fingerprint density at radius 1 is 1.50 bits per heavy atom. The van der Waals surface area contributed by atoms with Crippen LogP contribution in [-0.2, 0) is 21.7 Å². The minimum atomic E-state index is -0.499. The van der Waals surface area contributed by atoms with Crippen molar-refractivity contribution in [3.05, 3.63) is 34.9 Å². The van der Waals surface area contributed by atoms with Crippen molar-refractivity contribution >= 4 is 11.6 Å². The predicted octanol–water partition coefficient (Wildman–Crippen LogP) is 2.75. The fraction of sp³-hybridized carbons (Fsp3) is 0.538. The fourth-order valence-electron chi connectivity index (χ4n) is 2.61. The lowest BCUT2D eigenvalue weighted by Crippen LogP contribution is -2.25. The van der Waals surface area contributed by atoms with Crippen LogP contribution in [-0.4, -0.2) is 18.6 Å². The molecular formula is C13H15ClO2. The average molecular weight is 239 g/mol. The van der Waals surface area contributed by atoms with E-state index in [9.17, 15) is 0 Å². The molecule has 1 aromatic rings. The number of hydrogen-bond acceptors (Lipinski definition) is 2. The Morgan fingerprint density at radius 3 is 3.12 bits per heavy atom. The van der Waals surface area contributed by atoms with Gasteiger partial charge in [-0.25, -0.2) is 0 Å². The average Bonchev–Trinajstić information content (AvgIpc) is 2.86. The highest BCUT2D eigenvalue weighted by Crippen LogP contribution is 2.45. The van der Waals surface area contributed by atoms with E-state index >= 15 is 0 Å². The molecule has 2 unspecified atom stereocenters. The Morgan fingerprint density at radius 2 is 2.38 bits per heavy atom. The van der Waals surface area contributed by atoms with Crippen LogP contribution >= 0.6 is 11.6 Å². The first-order valence-electron chi connectivity index (χ1n) is 5.71. The SMILES string of the molecule is Cc1ccc2c(c1)C1(CC2)OCC(CCl)O1. The van der Waals surface area contributed by atoms with Gasteiger partial charge in [0.05, 0.1) is 18.6 Å². The number of fused-ring (bicyclic) bond motifs is 2. The number of aryl methyl sites for hydroxylation is 2. The van der Waals surface area contributed by atoms with Crippen molar-refractivity contribution in [1.29, 1.82) is 0 Å². The third-order valence-corrected chi connectivity index (χ3v) is 3.77. The van der Waals surface area contributed by atoms with Crippen LogP contribution in [0.3, 0.4) is 0 Å². The third-order valence-electron chi connectivity index (χ3n) is 3.43. The molecule has 1 aliphatic heterocycles. The molecule has 0 amide bonds. The van der Waals surface area contributed by atoms with Crippen LogP contribution < -0.4 is 0 Å². The van der Waals surface area contributed by atoms with Crippen LogP contribution in [0.5, 0.6) is 0 Å². The molecule has 0 aromatic heterocycles. The molecule has 86 valence electrons. The van der Waals surface area contributed by atoms with Crippen molar-refractivity contribution < 1.29 is 9.47 Å². The minimum Gasteiger partial charge on any atom is -0.343 e. The maximum atomic E-state index is 5.99. The van der Waals surface area contributed by atoms with E-state index in [1.807, 2.05) is 0 Å². The summed E-state index contributed by atoms with van der Waals surface area (Å²) in [5.41, 5.74) is 3.81. The fourth-order valence-corrected chi connectivity index (χ4v) is 2.76. The van der Waals surface area contributed by atoms with E-state index in [-0.39, 0.29) is 6.10 Å². The van der Waals surface area contributed by atoms with Crippen molar-refractivity contribution in [2.45, 2.75) is 31.7 Å². The highest BCUT2D eigenvalue weighted by Gasteiger charge is 2.47. The second kappa shape index (κ2) is 3.73. The largest absolute Gasteiger partial charge is 0.343 e. The third kappa shape index (κ3) is 1.48. The summed E-state index contributed by atoms with van der Waals surface area (Å²) in [7, 11) is 0. The summed E-state index contributed by atoms with van der Waals surface area (Å²) in [5.74, 6) is 0.00378. The van der Waals surface area contributed by atoms with Crippen molar-refractivity contribution in [1.82, 2.24) is 0 Å². The predicted molar refractivity (Wildman–Crippen MR) is 62.7 cm³/mol. The summed E-state index contributed by atoms with van der Waals surface area (Å²) in [6.07, 6.45) is 1.98. The van der Waals surface area contributed by atoms with E-state index in [4.69, 9.17) is 21.1 Å². The van der Waals surface area contributed by atoms with E-state index in [2.05, 4.69) is 25.1 Å². The van der Waals surface area contributed by atoms with Crippen LogP contribution in [0.1, 0.15) is 23.1 Å². The second-order valence-electron chi connectivity index (χ2n) is 4.62. The van der Waals surface area contributed by atoms with E-state index in [0.29, 0.717) is 12.5 Å². The first-order valence-corrected chi connectivity index (χ1v) is 6.25. The molecule has 1 spiro atoms. The first kappa shape index (κ1) is 10.6. The van der Waals surface area contributed by atoms with Crippen molar-refractivity contribution in [3.63, 3.8) is 0 Å². The van der Waals surface area contributed by atoms with E-state index in [1.165, 1.54) is 16.7 Å². The molecule has 1 aliphatic carbocycles. The molecule has 2 atom stereocenters. The zero-order valence-corrected chi connectivity index (χ0v) is 10.1. The van der Waals surface area contributed by atoms with Crippen LogP contribution in [0.4, 0.5) is 0 Å². The monoisotopic (exact) mass is 238 g/mol. The van der Waals surface area contributed by atoms with Gasteiger partial charge in [0, 0.05) is 12.0 Å². The molecule has 2 nitrogen and oxygen atoms in total. The van der Waals surface area contributed by atoms with Gasteiger partial charge in [-0.15, -0.1) is 11.6 Å². The van der Waals surface area contributed by atoms with Crippen LogP contribution in [0.25, 0.3) is 0 Å². The molecule has 1 aromatic carbocycles. The molecule has 0 N–H and O–H groups in total. The number of rotatable bonds is 1. The number of benzene rings is 1. The second-order valence-corrected chi connectivity index (χ2v) is 4.93. The van der Waals surface area contributed by atoms with Crippen LogP contribution in [0, 0.1) is 6.92 Å². The van der Waals surface area contributed by atoms with Gasteiger partial charge in [0.15, 0.2) is 5.79 Å². The summed E-state index contributed by atoms with van der Waals surface area (Å²) < 4.78 is 11.9. The van der Waals surface area contributed by atoms with E-state index in [0.717, 1.165) is 12.8 Å². The van der Waals surface area contributed by atoms with Crippen molar-refractivity contribution in [2.24, 2.45) is 0 Å². The molecule has 0 saturated carbocycles. The standard InChI is InChI=1S/C13H15ClO2/c1-9-2-3-10-4-5-13(12(10)6-9)15-8-11(7-14)16-13/h2-3,6,11H,4-5,7-8H2,1H3. The summed E-state index contributed by atoms with van der Waals surface area (Å²) >= 11 is 5.82. The summed E-state index contributed by atoms with van der Waals surface area (Å²) in [5, 5.41) is 0. The molecule has 0 radical (unpaired) electrons. The Balaban J connectivity index is 1.99. The van der Waals surface area contributed by atoms with Gasteiger partial charge < -0.3 is 9.47 Å². The van der Waals surface area contributed by atoms with Crippen LogP contribution in [0.2, 0.25) is 0 Å². The van der Waals surface area contributed by atoms with Gasteiger partial charge in [0.2, 0.25) is 0 Å². The maximum Gasteiger partial charge on any atom is 0.195 e. The molecule has 2 aliphatic rings. The number of alkyl halides is 1. The molecule has 1 fully saturated rings. The Labute approximate surface area is 101 Å². The molecule has 16 heavy (non-hydrogen) atoms. The quantitative estimate of drug-likeness (QED) is 0.701. The van der Waals surface area contributed by atoms with Crippen LogP contribution in [0.15, 0.2) is 18.2 Å². The Kier molecular flexibility index (Phi) is 2.46. The number of hydrogen-bond donors (Lipinski definition) is 0. The van der Waals surface area contributed by atoms with Gasteiger partial charge >= 0.3 is 0 Å². The number of ether oxygens (including phenoxy) is 2. The number of halogens is 1. The summed E-state index contributed by atoms with van der Waals surface area (Å²) in [4.78, 5) is 0. The maximum absolute atomic E-state index is 5.99. The van der Waals surface area contributed by atoms with E-state index < -0.39 is 5.79 Å². The van der Waals surface area contributed by atoms with Gasteiger partial charge in [-0.05, 0) is 18.9 Å². The first-order chi connectivity index (χ1) is 7.73. The van der Waals surface area contributed by atoms with Gasteiger partial charge in [-0.1, -0.05) is 23.8 Å². The molecule has 1 heterocycles. The lowest BCUT2D eigenvalue weighted by molar-refractivity contribution is -0.172. The molecule has 3 rings (SSSR count). The Hall–Kier alpha value is -0.570. The summed E-state index contributed by atoms with van der Waals surface area (Å²) in [6, 6.07) is 6.50. The molecule has 0 bridgehead atoms. The van der Waals surface area contributed by atoms with Gasteiger partial charge in [-0.3, -0.25) is 0 Å². The van der Waals surface area contributed by atoms with Crippen molar-refractivity contribution in [2.75, 3.05) is 12.5 Å². The van der Waals surface area contributed by atoms with Crippen molar-refractivity contribution in [3.8, 4) is 0 Å². The zero-order valence-electron chi connectivity index (χ0n) is 9.33. The van der Waals surface area contributed by atoms with Gasteiger partial charge in [0.25, 0.3) is 0 Å². The molecule has 1 saturated heterocycles. The lowest BCUT2D eigenvalue weighted by Gasteiger charge is -2.24. The molecule has 3 heteroatoms. The molecular weight excluding hydrogens is 224 g/mol. The van der Waals surface area contributed by atoms with Gasteiger partial charge in [-0.2, -0.15) is 0 Å². The normalized spacial score (nSPS) is 32.2. The topological polar surface area (TPSA) is 18.5 Å². The minimum absolute atomic E-state index is 0.0353. The lowest BCUT2D eigenvalue weighted by atomic mass is 10.0.